The zero-order chi connectivity index (χ0) is 9.19. The summed E-state index contributed by atoms with van der Waals surface area (Å²) in [5, 5.41) is 0. The summed E-state index contributed by atoms with van der Waals surface area (Å²) < 4.78 is 0. The van der Waals surface area contributed by atoms with Crippen LogP contribution in [0.3, 0.4) is 0 Å². The smallest absolute Gasteiger partial charge is 0.122 e. The van der Waals surface area contributed by atoms with Crippen molar-refractivity contribution < 1.29 is 4.84 Å². The van der Waals surface area contributed by atoms with Gasteiger partial charge in [-0.1, -0.05) is 27.7 Å². The molecule has 3 nitrogen and oxygen atoms in total. The molecule has 1 aliphatic rings. The summed E-state index contributed by atoms with van der Waals surface area (Å²) in [5.74, 6) is 0. The number of nitrogens with zero attached hydrogens (tertiary/aromatic N) is 1. The molecule has 1 atom stereocenters. The van der Waals surface area contributed by atoms with Crippen molar-refractivity contribution in [1.82, 2.24) is 10.4 Å². The van der Waals surface area contributed by atoms with Crippen molar-refractivity contribution in [3.63, 3.8) is 0 Å². The van der Waals surface area contributed by atoms with Gasteiger partial charge in [0, 0.05) is 6.54 Å². The molecule has 72 valence electrons. The fraction of sp³-hybridized carbons (Fsp3) is 1.00. The van der Waals surface area contributed by atoms with Gasteiger partial charge in [-0.2, -0.15) is 5.48 Å². The zero-order valence-electron chi connectivity index (χ0n) is 8.55. The second kappa shape index (κ2) is 3.73. The Morgan fingerprint density at radius 3 is 2.67 bits per heavy atom. The largest absolute Gasteiger partial charge is 0.284 e. The number of hydrogen-bond acceptors (Lipinski definition) is 3. The van der Waals surface area contributed by atoms with Crippen LogP contribution in [-0.2, 0) is 4.84 Å². The van der Waals surface area contributed by atoms with Gasteiger partial charge >= 0.3 is 0 Å². The highest BCUT2D eigenvalue weighted by molar-refractivity contribution is 4.80. The van der Waals surface area contributed by atoms with Crippen molar-refractivity contribution in [1.29, 1.82) is 0 Å². The van der Waals surface area contributed by atoms with E-state index in [4.69, 9.17) is 4.84 Å². The normalized spacial score (nSPS) is 26.5. The molecule has 12 heavy (non-hydrogen) atoms. The van der Waals surface area contributed by atoms with Crippen LogP contribution in [0.2, 0.25) is 0 Å². The topological polar surface area (TPSA) is 24.5 Å². The molecule has 0 aromatic carbocycles. The third-order valence-electron chi connectivity index (χ3n) is 2.12. The highest BCUT2D eigenvalue weighted by Gasteiger charge is 2.34. The summed E-state index contributed by atoms with van der Waals surface area (Å²) in [4.78, 5) is 7.56. The van der Waals surface area contributed by atoms with Gasteiger partial charge in [-0.15, -0.1) is 0 Å². The molecule has 0 aromatic rings. The maximum absolute atomic E-state index is 5.22. The molecule has 1 heterocycles. The van der Waals surface area contributed by atoms with Gasteiger partial charge in [-0.3, -0.25) is 9.74 Å². The Morgan fingerprint density at radius 2 is 2.17 bits per heavy atom. The minimum atomic E-state index is 0.242. The van der Waals surface area contributed by atoms with Crippen LogP contribution in [0.1, 0.15) is 34.1 Å². The van der Waals surface area contributed by atoms with E-state index in [0.29, 0.717) is 6.17 Å². The summed E-state index contributed by atoms with van der Waals surface area (Å²) in [5.41, 5.74) is 3.30. The molecule has 1 rings (SSSR count). The molecular formula is C9H20N2O. The van der Waals surface area contributed by atoms with Crippen molar-refractivity contribution in [2.24, 2.45) is 5.41 Å². The number of nitrogens with one attached hydrogen (secondary N) is 1. The molecule has 1 unspecified atom stereocenters. The summed E-state index contributed by atoms with van der Waals surface area (Å²) >= 11 is 0. The van der Waals surface area contributed by atoms with E-state index in [1.165, 1.54) is 6.42 Å². The average molecular weight is 172 g/mol. The summed E-state index contributed by atoms with van der Waals surface area (Å²) in [7, 11) is 0. The van der Waals surface area contributed by atoms with Crippen LogP contribution < -0.4 is 5.48 Å². The van der Waals surface area contributed by atoms with Crippen LogP contribution in [-0.4, -0.2) is 24.3 Å². The molecule has 1 aliphatic heterocycles. The summed E-state index contributed by atoms with van der Waals surface area (Å²) in [6.07, 6.45) is 1.54. The first-order chi connectivity index (χ1) is 5.55. The van der Waals surface area contributed by atoms with Gasteiger partial charge in [0.15, 0.2) is 0 Å². The molecule has 0 radical (unpaired) electrons. The van der Waals surface area contributed by atoms with Crippen LogP contribution in [0.4, 0.5) is 0 Å². The Morgan fingerprint density at radius 1 is 1.50 bits per heavy atom. The van der Waals surface area contributed by atoms with Gasteiger partial charge in [-0.05, 0) is 11.8 Å². The van der Waals surface area contributed by atoms with E-state index in [1.54, 1.807) is 0 Å². The SMILES string of the molecule is CCCN1CONC1C(C)(C)C. The first kappa shape index (κ1) is 9.96. The molecule has 1 saturated heterocycles. The van der Waals surface area contributed by atoms with Crippen molar-refractivity contribution >= 4 is 0 Å². The number of hydrogen-bond donors (Lipinski definition) is 1. The summed E-state index contributed by atoms with van der Waals surface area (Å²) in [6, 6.07) is 0. The Bertz CT molecular complexity index is 142. The molecule has 0 spiro atoms. The minimum absolute atomic E-state index is 0.242. The van der Waals surface area contributed by atoms with Crippen LogP contribution in [0.5, 0.6) is 0 Å². The minimum Gasteiger partial charge on any atom is -0.284 e. The molecule has 3 heteroatoms. The van der Waals surface area contributed by atoms with Gasteiger partial charge in [0.25, 0.3) is 0 Å². The Hall–Kier alpha value is -0.120. The lowest BCUT2D eigenvalue weighted by Gasteiger charge is -2.32. The third-order valence-corrected chi connectivity index (χ3v) is 2.12. The Balaban J connectivity index is 2.52. The number of hydroxylamine groups is 1. The lowest BCUT2D eigenvalue weighted by atomic mass is 9.92. The van der Waals surface area contributed by atoms with Crippen LogP contribution in [0.15, 0.2) is 0 Å². The monoisotopic (exact) mass is 172 g/mol. The Labute approximate surface area is 75.0 Å². The maximum Gasteiger partial charge on any atom is 0.122 e. The van der Waals surface area contributed by atoms with Crippen molar-refractivity contribution in [2.45, 2.75) is 40.3 Å². The van der Waals surface area contributed by atoms with Gasteiger partial charge in [0.2, 0.25) is 0 Å². The number of rotatable bonds is 2. The van der Waals surface area contributed by atoms with E-state index in [1.807, 2.05) is 0 Å². The zero-order valence-corrected chi connectivity index (χ0v) is 8.55. The van der Waals surface area contributed by atoms with Gasteiger partial charge in [-0.25, -0.2) is 0 Å². The molecule has 0 saturated carbocycles. The molecular weight excluding hydrogens is 152 g/mol. The predicted octanol–water partition coefficient (Wildman–Crippen LogP) is 1.56. The molecule has 1 fully saturated rings. The van der Waals surface area contributed by atoms with Crippen molar-refractivity contribution in [3.05, 3.63) is 0 Å². The lowest BCUT2D eigenvalue weighted by Crippen LogP contribution is -2.45. The molecule has 0 bridgehead atoms. The van der Waals surface area contributed by atoms with Crippen LogP contribution >= 0.6 is 0 Å². The van der Waals surface area contributed by atoms with Crippen molar-refractivity contribution in [3.8, 4) is 0 Å². The van der Waals surface area contributed by atoms with E-state index >= 15 is 0 Å². The standard InChI is InChI=1S/C9H20N2O/c1-5-6-11-7-12-10-8(11)9(2,3)4/h8,10H,5-7H2,1-4H3. The first-order valence-electron chi connectivity index (χ1n) is 4.67. The maximum atomic E-state index is 5.22. The van der Waals surface area contributed by atoms with E-state index in [0.717, 1.165) is 13.3 Å². The predicted molar refractivity (Wildman–Crippen MR) is 49.3 cm³/mol. The average Bonchev–Trinajstić information content (AvgIpc) is 2.34. The van der Waals surface area contributed by atoms with E-state index in [-0.39, 0.29) is 5.41 Å². The highest BCUT2D eigenvalue weighted by Crippen LogP contribution is 2.25. The van der Waals surface area contributed by atoms with Gasteiger partial charge < -0.3 is 0 Å². The lowest BCUT2D eigenvalue weighted by molar-refractivity contribution is 0.0665. The van der Waals surface area contributed by atoms with E-state index in [2.05, 4.69) is 38.1 Å². The fourth-order valence-electron chi connectivity index (χ4n) is 1.55. The highest BCUT2D eigenvalue weighted by atomic mass is 16.7. The molecule has 0 aliphatic carbocycles. The molecule has 0 amide bonds. The second-order valence-electron chi connectivity index (χ2n) is 4.47. The van der Waals surface area contributed by atoms with Gasteiger partial charge in [0.1, 0.15) is 6.73 Å². The van der Waals surface area contributed by atoms with E-state index in [9.17, 15) is 0 Å². The van der Waals surface area contributed by atoms with Crippen LogP contribution in [0.25, 0.3) is 0 Å². The van der Waals surface area contributed by atoms with E-state index < -0.39 is 0 Å². The summed E-state index contributed by atoms with van der Waals surface area (Å²) in [6.45, 7) is 10.7. The van der Waals surface area contributed by atoms with Crippen molar-refractivity contribution in [2.75, 3.05) is 13.3 Å². The third kappa shape index (κ3) is 2.19. The quantitative estimate of drug-likeness (QED) is 0.684. The van der Waals surface area contributed by atoms with Crippen LogP contribution in [0, 0.1) is 5.41 Å². The molecule has 1 N–H and O–H groups in total. The Kier molecular flexibility index (Phi) is 3.09. The first-order valence-corrected chi connectivity index (χ1v) is 4.67. The van der Waals surface area contributed by atoms with Gasteiger partial charge in [0.05, 0.1) is 6.17 Å². The second-order valence-corrected chi connectivity index (χ2v) is 4.47. The fourth-order valence-corrected chi connectivity index (χ4v) is 1.55. The molecule has 0 aromatic heterocycles.